The maximum atomic E-state index is 13.1. The summed E-state index contributed by atoms with van der Waals surface area (Å²) in [6, 6.07) is 13.8. The molecule has 2 aromatic heterocycles. The third-order valence-corrected chi connectivity index (χ3v) is 6.15. The summed E-state index contributed by atoms with van der Waals surface area (Å²) in [5.74, 6) is -0.0945. The summed E-state index contributed by atoms with van der Waals surface area (Å²) in [7, 11) is 0. The molecule has 8 nitrogen and oxygen atoms in total. The summed E-state index contributed by atoms with van der Waals surface area (Å²) >= 11 is 0. The van der Waals surface area contributed by atoms with Crippen LogP contribution in [0.5, 0.6) is 0 Å². The number of hydrogen-bond donors (Lipinski definition) is 3. The molecule has 182 valence electrons. The van der Waals surface area contributed by atoms with Gasteiger partial charge in [-0.1, -0.05) is 24.3 Å². The van der Waals surface area contributed by atoms with Crippen LogP contribution in [0.2, 0.25) is 0 Å². The number of hydrogen-bond acceptors (Lipinski definition) is 6. The normalized spacial score (nSPS) is 15.5. The van der Waals surface area contributed by atoms with Crippen LogP contribution in [0.25, 0.3) is 22.3 Å². The van der Waals surface area contributed by atoms with Gasteiger partial charge in [0.25, 0.3) is 5.91 Å². The van der Waals surface area contributed by atoms with E-state index in [4.69, 9.17) is 10.8 Å². The highest BCUT2D eigenvalue weighted by atomic mass is 35.5. The molecule has 5 rings (SSSR count). The Morgan fingerprint density at radius 2 is 2.03 bits per heavy atom. The van der Waals surface area contributed by atoms with E-state index >= 15 is 0 Å². The van der Waals surface area contributed by atoms with Crippen LogP contribution in [0, 0.1) is 5.82 Å². The van der Waals surface area contributed by atoms with Gasteiger partial charge in [-0.05, 0) is 55.6 Å². The van der Waals surface area contributed by atoms with Gasteiger partial charge in [0, 0.05) is 24.2 Å². The average Bonchev–Trinajstić information content (AvgIpc) is 3.27. The van der Waals surface area contributed by atoms with Crippen LogP contribution in [0.4, 0.5) is 10.2 Å². The Kier molecular flexibility index (Phi) is 7.57. The molecule has 10 heteroatoms. The summed E-state index contributed by atoms with van der Waals surface area (Å²) in [5.41, 5.74) is 9.87. The minimum absolute atomic E-state index is 0. The van der Waals surface area contributed by atoms with E-state index in [-0.39, 0.29) is 30.2 Å². The topological polar surface area (TPSA) is 111 Å². The van der Waals surface area contributed by atoms with E-state index in [1.54, 1.807) is 18.2 Å². The second-order valence-corrected chi connectivity index (χ2v) is 8.46. The van der Waals surface area contributed by atoms with Gasteiger partial charge in [0.05, 0.1) is 11.4 Å². The van der Waals surface area contributed by atoms with Crippen molar-refractivity contribution in [2.45, 2.75) is 25.3 Å². The molecule has 0 bridgehead atoms. The van der Waals surface area contributed by atoms with Gasteiger partial charge in [-0.2, -0.15) is 5.10 Å². The molecule has 4 aromatic rings. The van der Waals surface area contributed by atoms with Crippen LogP contribution in [-0.2, 0) is 6.42 Å². The van der Waals surface area contributed by atoms with Crippen LogP contribution in [0.1, 0.15) is 34.8 Å². The molecule has 2 aromatic carbocycles. The van der Waals surface area contributed by atoms with Gasteiger partial charge in [0.1, 0.15) is 23.7 Å². The molecule has 3 heterocycles. The van der Waals surface area contributed by atoms with Crippen LogP contribution in [-0.4, -0.2) is 45.3 Å². The monoisotopic (exact) mass is 495 g/mol. The first-order valence-corrected chi connectivity index (χ1v) is 11.4. The van der Waals surface area contributed by atoms with E-state index in [1.807, 2.05) is 22.9 Å². The van der Waals surface area contributed by atoms with E-state index in [9.17, 15) is 9.18 Å². The molecule has 1 fully saturated rings. The van der Waals surface area contributed by atoms with Crippen molar-refractivity contribution < 1.29 is 9.18 Å². The Hall–Kier alpha value is -3.56. The fourth-order valence-corrected chi connectivity index (χ4v) is 4.38. The Morgan fingerprint density at radius 3 is 2.80 bits per heavy atom. The van der Waals surface area contributed by atoms with Crippen molar-refractivity contribution in [3.8, 4) is 11.3 Å². The summed E-state index contributed by atoms with van der Waals surface area (Å²) in [4.78, 5) is 21.5. The number of fused-ring (bicyclic) bond motifs is 1. The maximum Gasteiger partial charge on any atom is 0.251 e. The van der Waals surface area contributed by atoms with Gasteiger partial charge in [-0.15, -0.1) is 12.4 Å². The second-order valence-electron chi connectivity index (χ2n) is 8.46. The zero-order valence-electron chi connectivity index (χ0n) is 19.1. The van der Waals surface area contributed by atoms with Gasteiger partial charge in [-0.3, -0.25) is 4.79 Å². The van der Waals surface area contributed by atoms with E-state index in [1.165, 1.54) is 18.5 Å². The number of piperidine rings is 1. The SMILES string of the molecule is Cl.Nc1ncnc2c1c(-c1cccc(C(=O)NCCc3ccc(F)cc3)c1)nn2[C@@H]1CCCNC1. The fourth-order valence-electron chi connectivity index (χ4n) is 4.38. The van der Waals surface area contributed by atoms with Crippen molar-refractivity contribution in [1.29, 1.82) is 0 Å². The van der Waals surface area contributed by atoms with Gasteiger partial charge in [0.15, 0.2) is 5.65 Å². The van der Waals surface area contributed by atoms with E-state index in [0.717, 1.165) is 37.1 Å². The lowest BCUT2D eigenvalue weighted by Gasteiger charge is -2.23. The van der Waals surface area contributed by atoms with Crippen LogP contribution in [0.15, 0.2) is 54.9 Å². The van der Waals surface area contributed by atoms with Crippen molar-refractivity contribution in [2.24, 2.45) is 0 Å². The summed E-state index contributed by atoms with van der Waals surface area (Å²) in [6.45, 7) is 2.26. The molecule has 35 heavy (non-hydrogen) atoms. The largest absolute Gasteiger partial charge is 0.383 e. The number of nitrogens with zero attached hydrogens (tertiary/aromatic N) is 4. The highest BCUT2D eigenvalue weighted by molar-refractivity contribution is 6.00. The van der Waals surface area contributed by atoms with Crippen molar-refractivity contribution in [3.63, 3.8) is 0 Å². The van der Waals surface area contributed by atoms with Gasteiger partial charge < -0.3 is 16.4 Å². The smallest absolute Gasteiger partial charge is 0.251 e. The molecule has 1 aliphatic rings. The Balaban J connectivity index is 0.00000289. The first kappa shape index (κ1) is 24.6. The fraction of sp³-hybridized carbons (Fsp3) is 0.280. The number of nitrogen functional groups attached to an aromatic ring is 1. The predicted octanol–water partition coefficient (Wildman–Crippen LogP) is 3.53. The second kappa shape index (κ2) is 10.8. The third kappa shape index (κ3) is 5.26. The number of anilines is 1. The number of amides is 1. The minimum Gasteiger partial charge on any atom is -0.383 e. The number of rotatable bonds is 6. The lowest BCUT2D eigenvalue weighted by atomic mass is 10.1. The molecule has 0 aliphatic carbocycles. The number of halogens is 2. The molecular formula is C25H27ClFN7O. The minimum atomic E-state index is -0.273. The number of benzene rings is 2. The molecule has 0 saturated carbocycles. The first-order valence-electron chi connectivity index (χ1n) is 11.4. The quantitative estimate of drug-likeness (QED) is 0.377. The molecule has 4 N–H and O–H groups in total. The lowest BCUT2D eigenvalue weighted by molar-refractivity contribution is 0.0954. The molecular weight excluding hydrogens is 469 g/mol. The van der Waals surface area contributed by atoms with Crippen molar-refractivity contribution >= 4 is 35.2 Å². The third-order valence-electron chi connectivity index (χ3n) is 6.15. The number of nitrogens with two attached hydrogens (primary N) is 1. The molecule has 0 spiro atoms. The highest BCUT2D eigenvalue weighted by Crippen LogP contribution is 2.33. The molecule has 0 radical (unpaired) electrons. The Morgan fingerprint density at radius 1 is 1.20 bits per heavy atom. The Bertz CT molecular complexity index is 1320. The average molecular weight is 496 g/mol. The standard InChI is InChI=1S/C25H26FN7O.ClH/c26-19-8-6-16(7-9-19)10-12-29-25(34)18-4-1-3-17(13-18)22-21-23(27)30-15-31-24(21)33(32-22)20-5-2-11-28-14-20;/h1,3-4,6-9,13,15,20,28H,2,5,10-12,14H2,(H,29,34)(H2,27,30,31);1H/t20-;/m1./s1. The van der Waals surface area contributed by atoms with Gasteiger partial charge in [0.2, 0.25) is 0 Å². The summed E-state index contributed by atoms with van der Waals surface area (Å²) in [5, 5.41) is 11.9. The van der Waals surface area contributed by atoms with E-state index < -0.39 is 0 Å². The number of nitrogens with one attached hydrogen (secondary N) is 2. The number of carbonyl (C=O) groups is 1. The highest BCUT2D eigenvalue weighted by Gasteiger charge is 2.23. The lowest BCUT2D eigenvalue weighted by Crippen LogP contribution is -2.32. The predicted molar refractivity (Wildman–Crippen MR) is 136 cm³/mol. The molecule has 1 atom stereocenters. The zero-order valence-corrected chi connectivity index (χ0v) is 19.9. The van der Waals surface area contributed by atoms with Crippen molar-refractivity contribution in [3.05, 3.63) is 71.8 Å². The van der Waals surface area contributed by atoms with Crippen molar-refractivity contribution in [1.82, 2.24) is 30.4 Å². The molecule has 1 saturated heterocycles. The van der Waals surface area contributed by atoms with Gasteiger partial charge >= 0.3 is 0 Å². The van der Waals surface area contributed by atoms with Crippen LogP contribution in [0.3, 0.4) is 0 Å². The Labute approximate surface area is 208 Å². The molecule has 1 amide bonds. The molecule has 0 unspecified atom stereocenters. The van der Waals surface area contributed by atoms with Crippen molar-refractivity contribution in [2.75, 3.05) is 25.4 Å². The summed E-state index contributed by atoms with van der Waals surface area (Å²) in [6.07, 6.45) is 4.14. The van der Waals surface area contributed by atoms with E-state index in [0.29, 0.717) is 41.1 Å². The summed E-state index contributed by atoms with van der Waals surface area (Å²) < 4.78 is 15.0. The van der Waals surface area contributed by atoms with Crippen LogP contribution >= 0.6 is 12.4 Å². The number of carbonyl (C=O) groups excluding carboxylic acids is 1. The number of aromatic nitrogens is 4. The molecule has 1 aliphatic heterocycles. The van der Waals surface area contributed by atoms with E-state index in [2.05, 4.69) is 20.6 Å². The van der Waals surface area contributed by atoms with Crippen LogP contribution < -0.4 is 16.4 Å². The zero-order chi connectivity index (χ0) is 23.5. The first-order chi connectivity index (χ1) is 16.6. The maximum absolute atomic E-state index is 13.1. The van der Waals surface area contributed by atoms with Gasteiger partial charge in [-0.25, -0.2) is 19.0 Å².